The van der Waals surface area contributed by atoms with Gasteiger partial charge in [0.1, 0.15) is 11.6 Å². The largest absolute Gasteiger partial charge is 0.484 e. The van der Waals surface area contributed by atoms with E-state index in [-0.39, 0.29) is 42.2 Å². The third-order valence-corrected chi connectivity index (χ3v) is 7.01. The summed E-state index contributed by atoms with van der Waals surface area (Å²) in [6, 6.07) is 3.96. The highest BCUT2D eigenvalue weighted by atomic mass is 35.5. The number of ether oxygens (including phenoxy) is 1. The van der Waals surface area contributed by atoms with Gasteiger partial charge in [0.05, 0.1) is 40.7 Å². The van der Waals surface area contributed by atoms with Crippen LogP contribution in [-0.4, -0.2) is 45.1 Å². The number of hydrogen-bond donors (Lipinski definition) is 3. The number of aliphatic hydroxyl groups is 1. The van der Waals surface area contributed by atoms with Crippen LogP contribution in [0.4, 0.5) is 4.39 Å². The number of hydrogen-bond acceptors (Lipinski definition) is 6. The van der Waals surface area contributed by atoms with E-state index in [0.29, 0.717) is 31.4 Å². The molecule has 1 aromatic heterocycles. The molecule has 1 heterocycles. The lowest BCUT2D eigenvalue weighted by molar-refractivity contribution is -0.156. The molecule has 1 atom stereocenters. The molecule has 3 N–H and O–H groups in total. The summed E-state index contributed by atoms with van der Waals surface area (Å²) in [6.07, 6.45) is 4.73. The quantitative estimate of drug-likeness (QED) is 0.565. The number of nitrogens with zero attached hydrogens (tertiary/aromatic N) is 2. The van der Waals surface area contributed by atoms with Gasteiger partial charge >= 0.3 is 0 Å². The molecule has 0 radical (unpaired) electrons. The normalized spacial score (nSPS) is 26.0. The number of aryl methyl sites for hydroxylation is 1. The summed E-state index contributed by atoms with van der Waals surface area (Å²) >= 11 is 5.65. The minimum absolute atomic E-state index is 0.0246. The summed E-state index contributed by atoms with van der Waals surface area (Å²) < 4.78 is 18.9. The van der Waals surface area contributed by atoms with Crippen molar-refractivity contribution in [3.05, 3.63) is 52.8 Å². The highest BCUT2D eigenvalue weighted by Crippen LogP contribution is 2.52. The Morgan fingerprint density at radius 1 is 1.24 bits per heavy atom. The van der Waals surface area contributed by atoms with Gasteiger partial charge in [0, 0.05) is 17.8 Å². The van der Waals surface area contributed by atoms with Crippen molar-refractivity contribution in [3.8, 4) is 5.75 Å². The van der Waals surface area contributed by atoms with Crippen LogP contribution >= 0.6 is 11.6 Å². The third-order valence-electron chi connectivity index (χ3n) is 6.70. The van der Waals surface area contributed by atoms with Gasteiger partial charge < -0.3 is 20.5 Å². The second kappa shape index (κ2) is 9.23. The van der Waals surface area contributed by atoms with Crippen LogP contribution < -0.4 is 15.4 Å². The number of carbonyl (C=O) groups excluding carboxylic acids is 2. The summed E-state index contributed by atoms with van der Waals surface area (Å²) in [5.74, 6) is -0.995. The molecule has 3 fully saturated rings. The van der Waals surface area contributed by atoms with Crippen LogP contribution in [0.1, 0.15) is 43.5 Å². The predicted molar refractivity (Wildman–Crippen MR) is 118 cm³/mol. The first-order valence-electron chi connectivity index (χ1n) is 10.8. The molecule has 0 aliphatic heterocycles. The Morgan fingerprint density at radius 3 is 2.64 bits per heavy atom. The Labute approximate surface area is 195 Å². The van der Waals surface area contributed by atoms with Crippen molar-refractivity contribution < 1.29 is 23.8 Å². The lowest BCUT2D eigenvalue weighted by Gasteiger charge is -2.55. The number of aliphatic hydroxyl groups excluding tert-OH is 1. The zero-order valence-electron chi connectivity index (χ0n) is 18.2. The van der Waals surface area contributed by atoms with Crippen LogP contribution in [0.25, 0.3) is 0 Å². The van der Waals surface area contributed by atoms with Crippen molar-refractivity contribution >= 4 is 23.4 Å². The summed E-state index contributed by atoms with van der Waals surface area (Å²) in [7, 11) is 0. The molecule has 1 aromatic carbocycles. The minimum atomic E-state index is -0.879. The number of rotatable bonds is 7. The van der Waals surface area contributed by atoms with E-state index in [0.717, 1.165) is 11.8 Å². The molecular weight excluding hydrogens is 451 g/mol. The first kappa shape index (κ1) is 23.4. The van der Waals surface area contributed by atoms with Gasteiger partial charge in [-0.05, 0) is 51.2 Å². The Bertz CT molecular complexity index is 1040. The molecule has 8 nitrogen and oxygen atoms in total. The fraction of sp³-hybridized carbons (Fsp3) is 0.478. The van der Waals surface area contributed by atoms with Crippen LogP contribution in [0, 0.1) is 18.2 Å². The maximum atomic E-state index is 13.5. The van der Waals surface area contributed by atoms with Gasteiger partial charge in [-0.25, -0.2) is 4.39 Å². The molecule has 3 saturated carbocycles. The molecule has 3 aliphatic carbocycles. The average Bonchev–Trinajstić information content (AvgIpc) is 2.80. The van der Waals surface area contributed by atoms with Crippen molar-refractivity contribution in [2.24, 2.45) is 5.41 Å². The van der Waals surface area contributed by atoms with Gasteiger partial charge in [-0.1, -0.05) is 11.6 Å². The predicted octanol–water partition coefficient (Wildman–Crippen LogP) is 2.45. The Hall–Kier alpha value is -2.78. The number of halogens is 2. The SMILES string of the molecule is Cc1cnc(CNC(=O)C23CCC(NC(=O)COc4ccc(Cl)c(F)c4)(CC2)CC3O)cn1. The Morgan fingerprint density at radius 2 is 2.00 bits per heavy atom. The molecule has 3 aliphatic rings. The zero-order chi connectivity index (χ0) is 23.6. The fourth-order valence-electron chi connectivity index (χ4n) is 4.74. The summed E-state index contributed by atoms with van der Waals surface area (Å²) in [4.78, 5) is 33.9. The van der Waals surface area contributed by atoms with Crippen molar-refractivity contribution in [2.75, 3.05) is 6.61 Å². The lowest BCUT2D eigenvalue weighted by atomic mass is 9.55. The van der Waals surface area contributed by atoms with Gasteiger partial charge in [0.2, 0.25) is 5.91 Å². The van der Waals surface area contributed by atoms with E-state index in [4.69, 9.17) is 16.3 Å². The second-order valence-corrected chi connectivity index (χ2v) is 9.31. The monoisotopic (exact) mass is 476 g/mol. The molecule has 0 spiro atoms. The van der Waals surface area contributed by atoms with E-state index in [9.17, 15) is 19.1 Å². The molecule has 10 heteroatoms. The van der Waals surface area contributed by atoms with Crippen LogP contribution in [0.2, 0.25) is 5.02 Å². The number of fused-ring (bicyclic) bond motifs is 3. The van der Waals surface area contributed by atoms with E-state index in [1.165, 1.54) is 12.1 Å². The average molecular weight is 477 g/mol. The first-order chi connectivity index (χ1) is 15.7. The van der Waals surface area contributed by atoms with Gasteiger partial charge in [-0.2, -0.15) is 0 Å². The number of amides is 2. The fourth-order valence-corrected chi connectivity index (χ4v) is 4.85. The second-order valence-electron chi connectivity index (χ2n) is 8.90. The molecule has 5 rings (SSSR count). The number of aromatic nitrogens is 2. The smallest absolute Gasteiger partial charge is 0.258 e. The third kappa shape index (κ3) is 4.94. The molecule has 0 saturated heterocycles. The van der Waals surface area contributed by atoms with Crippen LogP contribution in [0.5, 0.6) is 5.75 Å². The standard InChI is InChI=1S/C23H26ClFN4O4/c1-14-10-27-15(11-26-14)12-28-21(32)23-6-4-22(5-7-23,9-19(23)30)29-20(31)13-33-16-2-3-17(24)18(25)8-16/h2-3,8,10-11,19,30H,4-7,9,12-13H2,1H3,(H,28,32)(H,29,31). The van der Waals surface area contributed by atoms with Gasteiger partial charge in [-0.3, -0.25) is 19.6 Å². The van der Waals surface area contributed by atoms with Crippen molar-refractivity contribution in [1.82, 2.24) is 20.6 Å². The van der Waals surface area contributed by atoms with Crippen molar-refractivity contribution in [1.29, 1.82) is 0 Å². The van der Waals surface area contributed by atoms with E-state index in [1.807, 2.05) is 6.92 Å². The van der Waals surface area contributed by atoms with Gasteiger partial charge in [0.15, 0.2) is 6.61 Å². The van der Waals surface area contributed by atoms with Crippen molar-refractivity contribution in [3.63, 3.8) is 0 Å². The zero-order valence-corrected chi connectivity index (χ0v) is 19.0. The maximum absolute atomic E-state index is 13.5. The summed E-state index contributed by atoms with van der Waals surface area (Å²) in [6.45, 7) is 1.79. The van der Waals surface area contributed by atoms with Gasteiger partial charge in [-0.15, -0.1) is 0 Å². The topological polar surface area (TPSA) is 113 Å². The number of carbonyl (C=O) groups is 2. The molecule has 2 aromatic rings. The Kier molecular flexibility index (Phi) is 6.54. The van der Waals surface area contributed by atoms with Gasteiger partial charge in [0.25, 0.3) is 5.91 Å². The maximum Gasteiger partial charge on any atom is 0.258 e. The van der Waals surface area contributed by atoms with E-state index >= 15 is 0 Å². The molecule has 33 heavy (non-hydrogen) atoms. The van der Waals surface area contributed by atoms with Crippen LogP contribution in [0.3, 0.4) is 0 Å². The molecule has 1 unspecified atom stereocenters. The summed E-state index contributed by atoms with van der Waals surface area (Å²) in [5.41, 5.74) is -0.0197. The number of benzene rings is 1. The van der Waals surface area contributed by atoms with E-state index in [2.05, 4.69) is 20.6 Å². The molecule has 2 amide bonds. The van der Waals surface area contributed by atoms with Crippen LogP contribution in [-0.2, 0) is 16.1 Å². The van der Waals surface area contributed by atoms with Crippen LogP contribution in [0.15, 0.2) is 30.6 Å². The number of nitrogens with one attached hydrogen (secondary N) is 2. The highest BCUT2D eigenvalue weighted by molar-refractivity contribution is 6.30. The highest BCUT2D eigenvalue weighted by Gasteiger charge is 2.58. The minimum Gasteiger partial charge on any atom is -0.484 e. The Balaban J connectivity index is 1.31. The molecular formula is C23H26ClFN4O4. The molecule has 2 bridgehead atoms. The lowest BCUT2D eigenvalue weighted by Crippen LogP contribution is -2.65. The van der Waals surface area contributed by atoms with Crippen molar-refractivity contribution in [2.45, 2.75) is 57.2 Å². The first-order valence-corrected chi connectivity index (χ1v) is 11.2. The molecule has 176 valence electrons. The van der Waals surface area contributed by atoms with E-state index < -0.39 is 22.9 Å². The summed E-state index contributed by atoms with van der Waals surface area (Å²) in [5, 5.41) is 16.7. The van der Waals surface area contributed by atoms with E-state index in [1.54, 1.807) is 12.4 Å².